The molecule has 0 spiro atoms. The summed E-state index contributed by atoms with van der Waals surface area (Å²) in [6.07, 6.45) is 1.23. The second-order valence-corrected chi connectivity index (χ2v) is 9.24. The van der Waals surface area contributed by atoms with Gasteiger partial charge in [0.25, 0.3) is 5.91 Å². The molecule has 0 radical (unpaired) electrons. The van der Waals surface area contributed by atoms with Crippen LogP contribution >= 0.6 is 0 Å². The van der Waals surface area contributed by atoms with E-state index in [2.05, 4.69) is 10.3 Å². The molecule has 6 N–H and O–H groups in total. The molecule has 2 aliphatic rings. The van der Waals surface area contributed by atoms with E-state index in [-0.39, 0.29) is 29.0 Å². The standard InChI is InChI=1S/C24H22N4O7/c1-9(2)13-8-28(27-26-13)14-3-4-15(29)18-12(14)6-10-5-11-7-16(30)19(23(25)34)22(33)24(11,35)21(32)17(10)20(18)31/h3-4,6,8-9,11,29,31,33,35H,5,7H2,1-2H3,(H2,25,34). The Kier molecular flexibility index (Phi) is 4.75. The molecule has 1 heterocycles. The van der Waals surface area contributed by atoms with Crippen LogP contribution in [0.2, 0.25) is 0 Å². The van der Waals surface area contributed by atoms with Crippen molar-refractivity contribution >= 4 is 28.2 Å². The maximum atomic E-state index is 13.5. The van der Waals surface area contributed by atoms with Crippen LogP contribution in [0.5, 0.6) is 11.5 Å². The maximum Gasteiger partial charge on any atom is 0.255 e. The third-order valence-corrected chi connectivity index (χ3v) is 6.85. The van der Waals surface area contributed by atoms with Crippen LogP contribution in [0, 0.1) is 5.92 Å². The molecule has 35 heavy (non-hydrogen) atoms. The fraction of sp³-hybridized carbons (Fsp3) is 0.292. The Bertz CT molecular complexity index is 1500. The average molecular weight is 478 g/mol. The predicted octanol–water partition coefficient (Wildman–Crippen LogP) is 1.31. The van der Waals surface area contributed by atoms with Gasteiger partial charge in [0.15, 0.2) is 11.4 Å². The zero-order chi connectivity index (χ0) is 25.4. The summed E-state index contributed by atoms with van der Waals surface area (Å²) < 4.78 is 1.49. The number of aliphatic hydroxyl groups is 2. The number of aliphatic hydroxyl groups excluding tert-OH is 1. The first-order valence-electron chi connectivity index (χ1n) is 10.9. The maximum absolute atomic E-state index is 13.5. The number of rotatable bonds is 3. The average Bonchev–Trinajstić information content (AvgIpc) is 3.26. The Hall–Kier alpha value is -4.25. The van der Waals surface area contributed by atoms with E-state index in [9.17, 15) is 34.8 Å². The van der Waals surface area contributed by atoms with E-state index in [4.69, 9.17) is 5.73 Å². The van der Waals surface area contributed by atoms with Gasteiger partial charge >= 0.3 is 0 Å². The number of phenols is 2. The van der Waals surface area contributed by atoms with Crippen molar-refractivity contribution in [3.05, 3.63) is 52.5 Å². The highest BCUT2D eigenvalue weighted by Crippen LogP contribution is 2.49. The van der Waals surface area contributed by atoms with Crippen LogP contribution < -0.4 is 5.73 Å². The Balaban J connectivity index is 1.76. The van der Waals surface area contributed by atoms with Crippen LogP contribution in [-0.2, 0) is 16.0 Å². The zero-order valence-electron chi connectivity index (χ0n) is 18.8. The molecule has 2 atom stereocenters. The monoisotopic (exact) mass is 478 g/mol. The summed E-state index contributed by atoms with van der Waals surface area (Å²) in [6, 6.07) is 4.48. The Morgan fingerprint density at radius 2 is 1.91 bits per heavy atom. The fourth-order valence-corrected chi connectivity index (χ4v) is 5.00. The van der Waals surface area contributed by atoms with Gasteiger partial charge in [-0.2, -0.15) is 0 Å². The van der Waals surface area contributed by atoms with Gasteiger partial charge in [0, 0.05) is 17.7 Å². The zero-order valence-corrected chi connectivity index (χ0v) is 18.8. The molecule has 1 aromatic heterocycles. The summed E-state index contributed by atoms with van der Waals surface area (Å²) in [5.74, 6) is -6.18. The first-order chi connectivity index (χ1) is 16.5. The van der Waals surface area contributed by atoms with E-state index in [0.717, 1.165) is 5.69 Å². The van der Waals surface area contributed by atoms with Crippen molar-refractivity contribution in [1.82, 2.24) is 15.0 Å². The van der Waals surface area contributed by atoms with E-state index in [0.29, 0.717) is 16.6 Å². The first-order valence-corrected chi connectivity index (χ1v) is 10.9. The Morgan fingerprint density at radius 3 is 2.54 bits per heavy atom. The molecule has 180 valence electrons. The molecule has 2 unspecified atom stereocenters. The molecule has 2 aliphatic carbocycles. The fourth-order valence-electron chi connectivity index (χ4n) is 5.00. The van der Waals surface area contributed by atoms with Crippen LogP contribution in [0.15, 0.2) is 35.7 Å². The number of hydrogen-bond donors (Lipinski definition) is 5. The van der Waals surface area contributed by atoms with E-state index < -0.39 is 52.5 Å². The highest BCUT2D eigenvalue weighted by Gasteiger charge is 2.57. The van der Waals surface area contributed by atoms with Gasteiger partial charge in [0.2, 0.25) is 5.78 Å². The van der Waals surface area contributed by atoms with Gasteiger partial charge in [0.05, 0.1) is 28.5 Å². The molecule has 0 fully saturated rings. The number of aromatic nitrogens is 3. The number of nitrogens with two attached hydrogens (primary N) is 1. The smallest absolute Gasteiger partial charge is 0.255 e. The number of phenolic OH excluding ortho intramolecular Hbond substituents is 2. The molecule has 2 aromatic carbocycles. The molecule has 3 aromatic rings. The number of aromatic hydroxyl groups is 2. The molecule has 5 rings (SSSR count). The molecular weight excluding hydrogens is 456 g/mol. The van der Waals surface area contributed by atoms with E-state index >= 15 is 0 Å². The molecule has 0 bridgehead atoms. The summed E-state index contributed by atoms with van der Waals surface area (Å²) >= 11 is 0. The summed E-state index contributed by atoms with van der Waals surface area (Å²) in [4.78, 5) is 37.6. The van der Waals surface area contributed by atoms with Crippen molar-refractivity contribution in [2.45, 2.75) is 38.2 Å². The summed E-state index contributed by atoms with van der Waals surface area (Å²) in [5, 5.41) is 52.1. The minimum atomic E-state index is -2.62. The normalized spacial score (nSPS) is 22.0. The van der Waals surface area contributed by atoms with Gasteiger partial charge in [-0.15, -0.1) is 5.10 Å². The lowest BCUT2D eigenvalue weighted by Crippen LogP contribution is -2.56. The number of nitrogens with zero attached hydrogens (tertiary/aromatic N) is 3. The highest BCUT2D eigenvalue weighted by molar-refractivity contribution is 6.23. The third kappa shape index (κ3) is 2.98. The third-order valence-electron chi connectivity index (χ3n) is 6.85. The number of amides is 1. The van der Waals surface area contributed by atoms with Gasteiger partial charge in [0.1, 0.15) is 22.8 Å². The number of carbonyl (C=O) groups excluding carboxylic acids is 3. The Labute approximate surface area is 198 Å². The number of carbonyl (C=O) groups is 3. The van der Waals surface area contributed by atoms with Gasteiger partial charge in [-0.05, 0) is 36.1 Å². The van der Waals surface area contributed by atoms with Crippen LogP contribution in [0.1, 0.15) is 47.8 Å². The molecule has 1 amide bonds. The quantitative estimate of drug-likeness (QED) is 0.346. The lowest BCUT2D eigenvalue weighted by Gasteiger charge is -2.41. The number of benzene rings is 2. The number of ketones is 2. The molecule has 11 nitrogen and oxygen atoms in total. The summed E-state index contributed by atoms with van der Waals surface area (Å²) in [6.45, 7) is 3.91. The molecule has 0 saturated heterocycles. The number of fused-ring (bicyclic) bond motifs is 3. The Morgan fingerprint density at radius 1 is 1.20 bits per heavy atom. The predicted molar refractivity (Wildman–Crippen MR) is 121 cm³/mol. The molecular formula is C24H22N4O7. The minimum absolute atomic E-state index is 0.0660. The first kappa shape index (κ1) is 22.5. The van der Waals surface area contributed by atoms with Crippen LogP contribution in [-0.4, -0.2) is 58.5 Å². The lowest BCUT2D eigenvalue weighted by molar-refractivity contribution is -0.125. The summed E-state index contributed by atoms with van der Waals surface area (Å²) in [7, 11) is 0. The van der Waals surface area contributed by atoms with Crippen molar-refractivity contribution < 1.29 is 34.8 Å². The SMILES string of the molecule is CC(C)c1cn(-c2ccc(O)c3c(O)c4c(cc23)CC2CC(=O)C(C(N)=O)=C(O)C2(O)C4=O)nn1. The molecule has 0 aliphatic heterocycles. The number of hydrogen-bond acceptors (Lipinski definition) is 9. The van der Waals surface area contributed by atoms with Crippen LogP contribution in [0.25, 0.3) is 16.5 Å². The topological polar surface area (TPSA) is 189 Å². The van der Waals surface area contributed by atoms with Crippen LogP contribution in [0.3, 0.4) is 0 Å². The molecule has 0 saturated carbocycles. The van der Waals surface area contributed by atoms with Crippen molar-refractivity contribution in [3.63, 3.8) is 0 Å². The molecule has 11 heteroatoms. The highest BCUT2D eigenvalue weighted by atomic mass is 16.3. The van der Waals surface area contributed by atoms with Crippen molar-refractivity contribution in [3.8, 4) is 17.2 Å². The van der Waals surface area contributed by atoms with E-state index in [1.165, 1.54) is 10.7 Å². The second kappa shape index (κ2) is 7.37. The lowest BCUT2D eigenvalue weighted by atomic mass is 9.64. The van der Waals surface area contributed by atoms with Gasteiger partial charge in [-0.1, -0.05) is 19.1 Å². The second-order valence-electron chi connectivity index (χ2n) is 9.24. The van der Waals surface area contributed by atoms with Crippen LogP contribution in [0.4, 0.5) is 0 Å². The summed E-state index contributed by atoms with van der Waals surface area (Å²) in [5.41, 5.74) is 2.90. The van der Waals surface area contributed by atoms with Crippen molar-refractivity contribution in [2.75, 3.05) is 0 Å². The van der Waals surface area contributed by atoms with E-state index in [1.54, 1.807) is 18.3 Å². The minimum Gasteiger partial charge on any atom is -0.508 e. The van der Waals surface area contributed by atoms with Crippen molar-refractivity contribution in [1.29, 1.82) is 0 Å². The van der Waals surface area contributed by atoms with Gasteiger partial charge in [-0.25, -0.2) is 4.68 Å². The number of Topliss-reactive ketones (excluding diaryl/α,β-unsaturated/α-hetero) is 2. The van der Waals surface area contributed by atoms with Crippen molar-refractivity contribution in [2.24, 2.45) is 11.7 Å². The van der Waals surface area contributed by atoms with Gasteiger partial charge < -0.3 is 26.2 Å². The van der Waals surface area contributed by atoms with Gasteiger partial charge in [-0.3, -0.25) is 14.4 Å². The largest absolute Gasteiger partial charge is 0.508 e. The number of primary amides is 1. The van der Waals surface area contributed by atoms with E-state index in [1.807, 2.05) is 13.8 Å².